The monoisotopic (exact) mass is 219 g/mol. The maximum atomic E-state index is 11.4. The van der Waals surface area contributed by atoms with Crippen molar-refractivity contribution in [3.63, 3.8) is 0 Å². The van der Waals surface area contributed by atoms with Gasteiger partial charge in [0.2, 0.25) is 5.91 Å². The Hall–Kier alpha value is -0.710. The quantitative estimate of drug-likeness (QED) is 0.721. The van der Waals surface area contributed by atoms with Gasteiger partial charge in [-0.15, -0.1) is 0 Å². The first kappa shape index (κ1) is 13.3. The zero-order chi connectivity index (χ0) is 11.1. The smallest absolute Gasteiger partial charge is 0.308 e. The van der Waals surface area contributed by atoms with E-state index in [2.05, 4.69) is 0 Å². The summed E-state index contributed by atoms with van der Waals surface area (Å²) in [5.41, 5.74) is 0. The summed E-state index contributed by atoms with van der Waals surface area (Å²) in [4.78, 5) is 23.6. The summed E-state index contributed by atoms with van der Waals surface area (Å²) in [5, 5.41) is 8.69. The van der Waals surface area contributed by atoms with E-state index < -0.39 is 11.9 Å². The van der Waals surface area contributed by atoms with Gasteiger partial charge in [-0.25, -0.2) is 0 Å². The maximum Gasteiger partial charge on any atom is 0.308 e. The maximum absolute atomic E-state index is 11.4. The van der Waals surface area contributed by atoms with E-state index >= 15 is 0 Å². The van der Waals surface area contributed by atoms with E-state index in [1.165, 1.54) is 11.8 Å². The fourth-order valence-electron chi connectivity index (χ4n) is 1.03. The predicted octanol–water partition coefficient (Wildman–Crippen LogP) is 0.919. The molecule has 1 unspecified atom stereocenters. The second kappa shape index (κ2) is 6.70. The van der Waals surface area contributed by atoms with Gasteiger partial charge in [-0.2, -0.15) is 11.8 Å². The predicted molar refractivity (Wildman–Crippen MR) is 57.4 cm³/mol. The summed E-state index contributed by atoms with van der Waals surface area (Å²) in [7, 11) is 0. The summed E-state index contributed by atoms with van der Waals surface area (Å²) < 4.78 is 0. The molecule has 1 atom stereocenters. The van der Waals surface area contributed by atoms with Crippen molar-refractivity contribution in [3.05, 3.63) is 0 Å². The van der Waals surface area contributed by atoms with Gasteiger partial charge in [-0.3, -0.25) is 9.59 Å². The van der Waals surface area contributed by atoms with E-state index in [1.807, 2.05) is 13.2 Å². The topological polar surface area (TPSA) is 57.6 Å². The molecule has 0 saturated carbocycles. The molecule has 0 aliphatic rings. The average Bonchev–Trinajstić information content (AvgIpc) is 2.13. The second-order valence-electron chi connectivity index (χ2n) is 3.10. The number of aliphatic carboxylic acids is 1. The van der Waals surface area contributed by atoms with Gasteiger partial charge in [0, 0.05) is 13.1 Å². The van der Waals surface area contributed by atoms with Crippen molar-refractivity contribution in [1.82, 2.24) is 4.90 Å². The molecule has 0 rings (SSSR count). The van der Waals surface area contributed by atoms with E-state index in [9.17, 15) is 9.59 Å². The van der Waals surface area contributed by atoms with Crippen molar-refractivity contribution < 1.29 is 14.7 Å². The van der Waals surface area contributed by atoms with Crippen LogP contribution >= 0.6 is 11.8 Å². The number of thioether (sulfide) groups is 1. The van der Waals surface area contributed by atoms with E-state index in [0.29, 0.717) is 18.8 Å². The van der Waals surface area contributed by atoms with Crippen LogP contribution in [0.25, 0.3) is 0 Å². The molecule has 1 N–H and O–H groups in total. The van der Waals surface area contributed by atoms with Crippen LogP contribution in [0.5, 0.6) is 0 Å². The number of nitrogens with zero attached hydrogens (tertiary/aromatic N) is 1. The molecule has 82 valence electrons. The van der Waals surface area contributed by atoms with Gasteiger partial charge in [0.25, 0.3) is 0 Å². The molecule has 0 radical (unpaired) electrons. The van der Waals surface area contributed by atoms with Crippen LogP contribution in [-0.2, 0) is 9.59 Å². The highest BCUT2D eigenvalue weighted by Gasteiger charge is 2.18. The first-order chi connectivity index (χ1) is 6.52. The number of carbonyl (C=O) groups is 2. The third-order valence-corrected chi connectivity index (χ3v) is 2.45. The number of rotatable bonds is 6. The lowest BCUT2D eigenvalue weighted by Crippen LogP contribution is -2.37. The Balaban J connectivity index is 4.14. The molecule has 0 aliphatic heterocycles. The Morgan fingerprint density at radius 2 is 2.07 bits per heavy atom. The van der Waals surface area contributed by atoms with Crippen molar-refractivity contribution in [2.45, 2.75) is 13.8 Å². The number of amides is 1. The molecule has 0 aromatic heterocycles. The van der Waals surface area contributed by atoms with Crippen LogP contribution in [0, 0.1) is 5.92 Å². The van der Waals surface area contributed by atoms with Gasteiger partial charge in [0.05, 0.1) is 11.7 Å². The van der Waals surface area contributed by atoms with Crippen molar-refractivity contribution in [2.75, 3.05) is 25.1 Å². The summed E-state index contributed by atoms with van der Waals surface area (Å²) >= 11 is 1.45. The molecule has 0 spiro atoms. The van der Waals surface area contributed by atoms with Crippen molar-refractivity contribution in [2.24, 2.45) is 5.92 Å². The van der Waals surface area contributed by atoms with Gasteiger partial charge in [0.15, 0.2) is 0 Å². The molecule has 0 saturated heterocycles. The Morgan fingerprint density at radius 3 is 2.43 bits per heavy atom. The molecule has 5 heteroatoms. The fourth-order valence-corrected chi connectivity index (χ4v) is 1.46. The first-order valence-corrected chi connectivity index (χ1v) is 5.91. The number of carbonyl (C=O) groups excluding carboxylic acids is 1. The van der Waals surface area contributed by atoms with Crippen LogP contribution in [0.1, 0.15) is 13.8 Å². The van der Waals surface area contributed by atoms with E-state index in [1.54, 1.807) is 11.8 Å². The minimum atomic E-state index is -0.861. The highest BCUT2D eigenvalue weighted by molar-refractivity contribution is 7.99. The Labute approximate surface area is 88.7 Å². The molecule has 0 heterocycles. The molecule has 0 bridgehead atoms. The zero-order valence-corrected chi connectivity index (χ0v) is 9.63. The normalized spacial score (nSPS) is 12.2. The van der Waals surface area contributed by atoms with E-state index in [-0.39, 0.29) is 5.91 Å². The average molecular weight is 219 g/mol. The second-order valence-corrected chi connectivity index (χ2v) is 3.97. The van der Waals surface area contributed by atoms with Gasteiger partial charge in [-0.05, 0) is 13.2 Å². The van der Waals surface area contributed by atoms with E-state index in [0.717, 1.165) is 0 Å². The number of carboxylic acid groups (broad SMARTS) is 1. The number of hydrogen-bond acceptors (Lipinski definition) is 3. The zero-order valence-electron chi connectivity index (χ0n) is 8.82. The molecular weight excluding hydrogens is 202 g/mol. The number of carboxylic acids is 1. The first-order valence-electron chi connectivity index (χ1n) is 4.52. The van der Waals surface area contributed by atoms with Crippen molar-refractivity contribution in [1.29, 1.82) is 0 Å². The van der Waals surface area contributed by atoms with Crippen LogP contribution in [0.15, 0.2) is 0 Å². The van der Waals surface area contributed by atoms with Crippen molar-refractivity contribution >= 4 is 23.6 Å². The lowest BCUT2D eigenvalue weighted by molar-refractivity contribution is -0.142. The number of hydrogen-bond donors (Lipinski definition) is 1. The highest BCUT2D eigenvalue weighted by Crippen LogP contribution is 2.03. The largest absolute Gasteiger partial charge is 0.481 e. The molecule has 1 amide bonds. The van der Waals surface area contributed by atoms with Crippen LogP contribution in [-0.4, -0.2) is 47.0 Å². The SMILES string of the molecule is CCN(CC(C)C(=O)O)C(=O)CSC. The summed E-state index contributed by atoms with van der Waals surface area (Å²) in [6.07, 6.45) is 1.85. The fraction of sp³-hybridized carbons (Fsp3) is 0.778. The third-order valence-electron chi connectivity index (χ3n) is 1.92. The highest BCUT2D eigenvalue weighted by atomic mass is 32.2. The Kier molecular flexibility index (Phi) is 6.36. The molecule has 0 aromatic rings. The summed E-state index contributed by atoms with van der Waals surface area (Å²) in [5.74, 6) is -0.936. The Bertz CT molecular complexity index is 208. The lowest BCUT2D eigenvalue weighted by Gasteiger charge is -2.22. The standard InChI is InChI=1S/C9H17NO3S/c1-4-10(8(11)6-14-3)5-7(2)9(12)13/h7H,4-6H2,1-3H3,(H,12,13). The molecule has 0 aromatic carbocycles. The minimum Gasteiger partial charge on any atom is -0.481 e. The molecule has 14 heavy (non-hydrogen) atoms. The van der Waals surface area contributed by atoms with Crippen LogP contribution in [0.3, 0.4) is 0 Å². The lowest BCUT2D eigenvalue weighted by atomic mass is 10.2. The summed E-state index contributed by atoms with van der Waals surface area (Å²) in [6.45, 7) is 4.33. The molecule has 0 fully saturated rings. The van der Waals surface area contributed by atoms with Gasteiger partial charge < -0.3 is 10.0 Å². The molecule has 4 nitrogen and oxygen atoms in total. The van der Waals surface area contributed by atoms with Gasteiger partial charge in [-0.1, -0.05) is 6.92 Å². The van der Waals surface area contributed by atoms with Crippen LogP contribution < -0.4 is 0 Å². The third kappa shape index (κ3) is 4.50. The molecular formula is C9H17NO3S. The van der Waals surface area contributed by atoms with E-state index in [4.69, 9.17) is 5.11 Å². The van der Waals surface area contributed by atoms with Gasteiger partial charge in [0.1, 0.15) is 0 Å². The van der Waals surface area contributed by atoms with Crippen LogP contribution in [0.2, 0.25) is 0 Å². The summed E-state index contributed by atoms with van der Waals surface area (Å²) in [6, 6.07) is 0. The Morgan fingerprint density at radius 1 is 1.50 bits per heavy atom. The molecule has 0 aliphatic carbocycles. The van der Waals surface area contributed by atoms with Gasteiger partial charge >= 0.3 is 5.97 Å². The van der Waals surface area contributed by atoms with Crippen LogP contribution in [0.4, 0.5) is 0 Å². The minimum absolute atomic E-state index is 0.00750. The van der Waals surface area contributed by atoms with Crippen molar-refractivity contribution in [3.8, 4) is 0 Å².